The van der Waals surface area contributed by atoms with E-state index in [-0.39, 0.29) is 11.9 Å². The van der Waals surface area contributed by atoms with Gasteiger partial charge in [-0.15, -0.1) is 0 Å². The number of amides is 1. The zero-order valence-corrected chi connectivity index (χ0v) is 11.6. The first-order chi connectivity index (χ1) is 8.66. The minimum atomic E-state index is -0.0511. The second-order valence-electron chi connectivity index (χ2n) is 5.58. The maximum atomic E-state index is 12.2. The molecule has 2 atom stereocenters. The van der Waals surface area contributed by atoms with E-state index in [0.29, 0.717) is 6.04 Å². The number of piperazine rings is 1. The first-order valence-electron chi connectivity index (χ1n) is 7.11. The average molecular weight is 254 g/mol. The van der Waals surface area contributed by atoms with Crippen molar-refractivity contribution in [1.29, 1.82) is 0 Å². The van der Waals surface area contributed by atoms with Crippen LogP contribution in [-0.2, 0) is 4.79 Å². The number of hydrogen-bond acceptors (Lipinski definition) is 4. The van der Waals surface area contributed by atoms with Crippen molar-refractivity contribution in [1.82, 2.24) is 20.4 Å². The molecule has 2 rings (SSSR count). The number of nitrogens with zero attached hydrogens (tertiary/aromatic N) is 2. The Morgan fingerprint density at radius 3 is 2.61 bits per heavy atom. The standard InChI is InChI=1S/C13H26N4O/c1-11-9-15-12(10-14-11)13(18)16(2)7-8-17-5-3-4-6-17/h11-12,14-15H,3-10H2,1-2H3. The van der Waals surface area contributed by atoms with Crippen LogP contribution >= 0.6 is 0 Å². The maximum absolute atomic E-state index is 12.2. The van der Waals surface area contributed by atoms with Crippen molar-refractivity contribution in [2.24, 2.45) is 0 Å². The van der Waals surface area contributed by atoms with Crippen molar-refractivity contribution in [2.45, 2.75) is 31.8 Å². The molecule has 1 amide bonds. The van der Waals surface area contributed by atoms with Gasteiger partial charge in [-0.05, 0) is 32.9 Å². The van der Waals surface area contributed by atoms with Crippen LogP contribution in [0.3, 0.4) is 0 Å². The largest absolute Gasteiger partial charge is 0.343 e. The summed E-state index contributed by atoms with van der Waals surface area (Å²) in [5, 5.41) is 6.65. The Morgan fingerprint density at radius 1 is 1.28 bits per heavy atom. The molecule has 2 fully saturated rings. The van der Waals surface area contributed by atoms with Gasteiger partial charge in [0.1, 0.15) is 0 Å². The topological polar surface area (TPSA) is 47.6 Å². The summed E-state index contributed by atoms with van der Waals surface area (Å²) in [5.41, 5.74) is 0. The molecule has 0 bridgehead atoms. The lowest BCUT2D eigenvalue weighted by molar-refractivity contribution is -0.132. The molecule has 2 heterocycles. The van der Waals surface area contributed by atoms with E-state index < -0.39 is 0 Å². The number of carbonyl (C=O) groups is 1. The van der Waals surface area contributed by atoms with E-state index in [1.165, 1.54) is 25.9 Å². The molecule has 0 aromatic heterocycles. The summed E-state index contributed by atoms with van der Waals surface area (Å²) in [7, 11) is 1.91. The van der Waals surface area contributed by atoms with Crippen molar-refractivity contribution in [3.8, 4) is 0 Å². The zero-order chi connectivity index (χ0) is 13.0. The number of hydrogen-bond donors (Lipinski definition) is 2. The van der Waals surface area contributed by atoms with Crippen LogP contribution in [0.5, 0.6) is 0 Å². The van der Waals surface area contributed by atoms with Gasteiger partial charge in [0.15, 0.2) is 0 Å². The highest BCUT2D eigenvalue weighted by Gasteiger charge is 2.26. The van der Waals surface area contributed by atoms with Crippen LogP contribution < -0.4 is 10.6 Å². The van der Waals surface area contributed by atoms with Gasteiger partial charge in [0.25, 0.3) is 0 Å². The molecular formula is C13H26N4O. The second kappa shape index (κ2) is 6.50. The van der Waals surface area contributed by atoms with Gasteiger partial charge < -0.3 is 20.4 Å². The number of likely N-dealkylation sites (tertiary alicyclic amines) is 1. The fourth-order valence-electron chi connectivity index (χ4n) is 2.63. The minimum absolute atomic E-state index is 0.0511. The van der Waals surface area contributed by atoms with Crippen LogP contribution in [-0.4, -0.2) is 74.1 Å². The normalized spacial score (nSPS) is 29.4. The average Bonchev–Trinajstić information content (AvgIpc) is 2.89. The van der Waals surface area contributed by atoms with Gasteiger partial charge in [0, 0.05) is 39.3 Å². The molecule has 2 saturated heterocycles. The molecule has 0 aromatic carbocycles. The Hall–Kier alpha value is -0.650. The van der Waals surface area contributed by atoms with Gasteiger partial charge in [0.2, 0.25) is 5.91 Å². The molecule has 0 radical (unpaired) electrons. The predicted molar refractivity (Wildman–Crippen MR) is 72.6 cm³/mol. The molecule has 18 heavy (non-hydrogen) atoms. The van der Waals surface area contributed by atoms with E-state index >= 15 is 0 Å². The number of carbonyl (C=O) groups excluding carboxylic acids is 1. The van der Waals surface area contributed by atoms with Crippen molar-refractivity contribution < 1.29 is 4.79 Å². The first-order valence-corrected chi connectivity index (χ1v) is 7.11. The van der Waals surface area contributed by atoms with E-state index in [2.05, 4.69) is 22.5 Å². The van der Waals surface area contributed by atoms with Gasteiger partial charge in [-0.3, -0.25) is 4.79 Å². The number of likely N-dealkylation sites (N-methyl/N-ethyl adjacent to an activating group) is 1. The first kappa shape index (κ1) is 13.8. The van der Waals surface area contributed by atoms with Crippen LogP contribution in [0, 0.1) is 0 Å². The van der Waals surface area contributed by atoms with E-state index in [1.54, 1.807) is 0 Å². The Balaban J connectivity index is 1.70. The van der Waals surface area contributed by atoms with Crippen LogP contribution in [0.15, 0.2) is 0 Å². The summed E-state index contributed by atoms with van der Waals surface area (Å²) in [5.74, 6) is 0.216. The summed E-state index contributed by atoms with van der Waals surface area (Å²) in [6.07, 6.45) is 2.62. The second-order valence-corrected chi connectivity index (χ2v) is 5.58. The summed E-state index contributed by atoms with van der Waals surface area (Å²) in [6.45, 7) is 7.99. The van der Waals surface area contributed by atoms with E-state index in [1.807, 2.05) is 11.9 Å². The molecule has 0 saturated carbocycles. The zero-order valence-electron chi connectivity index (χ0n) is 11.6. The Morgan fingerprint density at radius 2 is 2.00 bits per heavy atom. The van der Waals surface area contributed by atoms with Crippen LogP contribution in [0.25, 0.3) is 0 Å². The summed E-state index contributed by atoms with van der Waals surface area (Å²) >= 11 is 0. The summed E-state index contributed by atoms with van der Waals surface area (Å²) in [6, 6.07) is 0.411. The Labute approximate surface area is 110 Å². The third kappa shape index (κ3) is 3.67. The molecule has 2 aliphatic heterocycles. The molecule has 104 valence electrons. The maximum Gasteiger partial charge on any atom is 0.240 e. The molecular weight excluding hydrogens is 228 g/mol. The molecule has 2 N–H and O–H groups in total. The minimum Gasteiger partial charge on any atom is -0.343 e. The van der Waals surface area contributed by atoms with Crippen LogP contribution in [0.4, 0.5) is 0 Å². The van der Waals surface area contributed by atoms with Crippen molar-refractivity contribution in [3.63, 3.8) is 0 Å². The highest BCUT2D eigenvalue weighted by Crippen LogP contribution is 2.07. The Bertz CT molecular complexity index is 270. The van der Waals surface area contributed by atoms with Gasteiger partial charge in [-0.1, -0.05) is 0 Å². The monoisotopic (exact) mass is 254 g/mol. The molecule has 2 aliphatic rings. The van der Waals surface area contributed by atoms with Crippen molar-refractivity contribution in [2.75, 3.05) is 46.3 Å². The smallest absolute Gasteiger partial charge is 0.240 e. The van der Waals surface area contributed by atoms with Gasteiger partial charge in [0.05, 0.1) is 6.04 Å². The lowest BCUT2D eigenvalue weighted by atomic mass is 10.1. The van der Waals surface area contributed by atoms with Crippen molar-refractivity contribution in [3.05, 3.63) is 0 Å². The lowest BCUT2D eigenvalue weighted by Crippen LogP contribution is -2.59. The quantitative estimate of drug-likeness (QED) is 0.709. The van der Waals surface area contributed by atoms with E-state index in [0.717, 1.165) is 26.2 Å². The van der Waals surface area contributed by atoms with E-state index in [9.17, 15) is 4.79 Å². The number of nitrogens with one attached hydrogen (secondary N) is 2. The van der Waals surface area contributed by atoms with Crippen LogP contribution in [0.2, 0.25) is 0 Å². The van der Waals surface area contributed by atoms with Crippen molar-refractivity contribution >= 4 is 5.91 Å². The highest BCUT2D eigenvalue weighted by molar-refractivity contribution is 5.82. The van der Waals surface area contributed by atoms with Crippen LogP contribution in [0.1, 0.15) is 19.8 Å². The third-order valence-electron chi connectivity index (χ3n) is 3.97. The summed E-state index contributed by atoms with van der Waals surface area (Å²) in [4.78, 5) is 16.5. The van der Waals surface area contributed by atoms with Gasteiger partial charge in [-0.2, -0.15) is 0 Å². The summed E-state index contributed by atoms with van der Waals surface area (Å²) < 4.78 is 0. The SMILES string of the molecule is CC1CNC(C(=O)N(C)CCN2CCCC2)CN1. The number of rotatable bonds is 4. The molecule has 5 heteroatoms. The molecule has 0 spiro atoms. The van der Waals surface area contributed by atoms with Gasteiger partial charge in [-0.25, -0.2) is 0 Å². The molecule has 0 aromatic rings. The Kier molecular flexibility index (Phi) is 4.97. The molecule has 5 nitrogen and oxygen atoms in total. The predicted octanol–water partition coefficient (Wildman–Crippen LogP) is -0.509. The fraction of sp³-hybridized carbons (Fsp3) is 0.923. The third-order valence-corrected chi connectivity index (χ3v) is 3.97. The fourth-order valence-corrected chi connectivity index (χ4v) is 2.63. The van der Waals surface area contributed by atoms with E-state index in [4.69, 9.17) is 0 Å². The van der Waals surface area contributed by atoms with Gasteiger partial charge >= 0.3 is 0 Å². The highest BCUT2D eigenvalue weighted by atomic mass is 16.2. The molecule has 0 aliphatic carbocycles. The lowest BCUT2D eigenvalue weighted by Gasteiger charge is -2.31. The molecule has 2 unspecified atom stereocenters.